The van der Waals surface area contributed by atoms with Gasteiger partial charge in [0, 0.05) is 24.7 Å². The van der Waals surface area contributed by atoms with Gasteiger partial charge in [-0.25, -0.2) is 9.37 Å². The van der Waals surface area contributed by atoms with Gasteiger partial charge in [-0.2, -0.15) is 0 Å². The number of halogens is 1. The fourth-order valence-electron chi connectivity index (χ4n) is 3.08. The number of hydrogen-bond donors (Lipinski definition) is 1. The summed E-state index contributed by atoms with van der Waals surface area (Å²) in [5.74, 6) is 0.106. The van der Waals surface area contributed by atoms with Crippen molar-refractivity contribution >= 4 is 17.2 Å². The lowest BCUT2D eigenvalue weighted by molar-refractivity contribution is 0.0665. The number of hydrogen-bond acceptors (Lipinski definition) is 4. The van der Waals surface area contributed by atoms with E-state index in [9.17, 15) is 9.18 Å². The lowest BCUT2D eigenvalue weighted by Crippen LogP contribution is -2.45. The summed E-state index contributed by atoms with van der Waals surface area (Å²) in [5, 5.41) is 0.747. The van der Waals surface area contributed by atoms with Crippen molar-refractivity contribution in [1.82, 2.24) is 9.88 Å². The van der Waals surface area contributed by atoms with Crippen molar-refractivity contribution in [3.8, 4) is 10.6 Å². The summed E-state index contributed by atoms with van der Waals surface area (Å²) in [6, 6.07) is 6.29. The van der Waals surface area contributed by atoms with Gasteiger partial charge in [0.05, 0.1) is 5.69 Å². The quantitative estimate of drug-likeness (QED) is 0.925. The van der Waals surface area contributed by atoms with Gasteiger partial charge in [-0.15, -0.1) is 11.3 Å². The fraction of sp³-hybridized carbons (Fsp3) is 0.444. The lowest BCUT2D eigenvalue weighted by atomic mass is 9.92. The van der Waals surface area contributed by atoms with Crippen molar-refractivity contribution in [2.45, 2.75) is 32.7 Å². The third kappa shape index (κ3) is 3.49. The molecular formula is C18H22FN3OS. The Kier molecular flexibility index (Phi) is 4.96. The Morgan fingerprint density at radius 3 is 2.79 bits per heavy atom. The number of amides is 1. The summed E-state index contributed by atoms with van der Waals surface area (Å²) in [6.45, 7) is 5.33. The van der Waals surface area contributed by atoms with E-state index < -0.39 is 0 Å². The number of rotatable bonds is 3. The number of carbonyl (C=O) groups excluding carboxylic acids is 1. The van der Waals surface area contributed by atoms with Gasteiger partial charge in [0.15, 0.2) is 0 Å². The van der Waals surface area contributed by atoms with E-state index in [1.54, 1.807) is 12.1 Å². The van der Waals surface area contributed by atoms with Crippen molar-refractivity contribution < 1.29 is 9.18 Å². The van der Waals surface area contributed by atoms with Gasteiger partial charge in [-0.05, 0) is 56.9 Å². The Labute approximate surface area is 145 Å². The van der Waals surface area contributed by atoms with E-state index in [2.05, 4.69) is 4.98 Å². The molecule has 24 heavy (non-hydrogen) atoms. The summed E-state index contributed by atoms with van der Waals surface area (Å²) < 4.78 is 13.1. The average Bonchev–Trinajstić information content (AvgIpc) is 2.96. The molecule has 1 aromatic carbocycles. The van der Waals surface area contributed by atoms with E-state index in [4.69, 9.17) is 5.73 Å². The van der Waals surface area contributed by atoms with E-state index in [0.717, 1.165) is 35.7 Å². The minimum absolute atomic E-state index is 0.0312. The number of nitrogens with zero attached hydrogens (tertiary/aromatic N) is 2. The third-order valence-electron chi connectivity index (χ3n) is 4.57. The van der Waals surface area contributed by atoms with Gasteiger partial charge in [-0.1, -0.05) is 0 Å². The second-order valence-corrected chi connectivity index (χ2v) is 7.45. The molecule has 4 nitrogen and oxygen atoms in total. The van der Waals surface area contributed by atoms with Crippen LogP contribution in [0, 0.1) is 18.7 Å². The van der Waals surface area contributed by atoms with Crippen molar-refractivity contribution in [3.63, 3.8) is 0 Å². The molecule has 0 aliphatic carbocycles. The van der Waals surface area contributed by atoms with E-state index in [1.807, 2.05) is 18.7 Å². The summed E-state index contributed by atoms with van der Waals surface area (Å²) >= 11 is 1.37. The minimum Gasteiger partial charge on any atom is -0.338 e. The highest BCUT2D eigenvalue weighted by Gasteiger charge is 2.28. The maximum absolute atomic E-state index is 13.1. The number of nitrogens with two attached hydrogens (primary N) is 1. The molecule has 2 aromatic rings. The number of likely N-dealkylation sites (tertiary alicyclic amines) is 1. The molecule has 0 saturated carbocycles. The summed E-state index contributed by atoms with van der Waals surface area (Å²) in [4.78, 5) is 19.9. The van der Waals surface area contributed by atoms with Crippen LogP contribution in [0.2, 0.25) is 0 Å². The Morgan fingerprint density at radius 1 is 1.42 bits per heavy atom. The van der Waals surface area contributed by atoms with Crippen LogP contribution in [-0.2, 0) is 0 Å². The van der Waals surface area contributed by atoms with Crippen LogP contribution < -0.4 is 5.73 Å². The monoisotopic (exact) mass is 347 g/mol. The summed E-state index contributed by atoms with van der Waals surface area (Å²) in [7, 11) is 0. The normalized spacial score (nSPS) is 19.3. The average molecular weight is 347 g/mol. The predicted molar refractivity (Wildman–Crippen MR) is 94.5 cm³/mol. The van der Waals surface area contributed by atoms with Crippen LogP contribution >= 0.6 is 11.3 Å². The van der Waals surface area contributed by atoms with E-state index in [1.165, 1.54) is 23.5 Å². The van der Waals surface area contributed by atoms with Crippen molar-refractivity contribution in [2.75, 3.05) is 13.1 Å². The smallest absolute Gasteiger partial charge is 0.265 e. The maximum Gasteiger partial charge on any atom is 0.265 e. The van der Waals surface area contributed by atoms with E-state index in [-0.39, 0.29) is 17.8 Å². The first-order valence-electron chi connectivity index (χ1n) is 8.24. The molecule has 6 heteroatoms. The number of benzene rings is 1. The van der Waals surface area contributed by atoms with Crippen LogP contribution in [0.4, 0.5) is 4.39 Å². The van der Waals surface area contributed by atoms with Gasteiger partial charge in [0.1, 0.15) is 15.7 Å². The molecule has 0 bridgehead atoms. The zero-order chi connectivity index (χ0) is 17.3. The van der Waals surface area contributed by atoms with Crippen LogP contribution in [0.3, 0.4) is 0 Å². The van der Waals surface area contributed by atoms with Gasteiger partial charge < -0.3 is 10.6 Å². The predicted octanol–water partition coefficient (Wildman–Crippen LogP) is 3.46. The number of piperidine rings is 1. The van der Waals surface area contributed by atoms with E-state index in [0.29, 0.717) is 17.3 Å². The lowest BCUT2D eigenvalue weighted by Gasteiger charge is -2.34. The molecule has 2 N–H and O–H groups in total. The number of thiazole rings is 1. The standard InChI is InChI=1S/C18H22FN3OS/c1-11(20)14-4-3-9-22(10-14)18(23)16-12(2)21-17(24-16)13-5-7-15(19)8-6-13/h5-8,11,14H,3-4,9-10,20H2,1-2H3. The largest absolute Gasteiger partial charge is 0.338 e. The Balaban J connectivity index is 1.81. The number of aryl methyl sites for hydroxylation is 1. The van der Waals surface area contributed by atoms with Gasteiger partial charge in [-0.3, -0.25) is 4.79 Å². The molecule has 1 aliphatic rings. The van der Waals surface area contributed by atoms with E-state index >= 15 is 0 Å². The molecular weight excluding hydrogens is 325 g/mol. The van der Waals surface area contributed by atoms with Crippen LogP contribution in [0.5, 0.6) is 0 Å². The molecule has 1 aromatic heterocycles. The minimum atomic E-state index is -0.279. The van der Waals surface area contributed by atoms with Gasteiger partial charge >= 0.3 is 0 Å². The van der Waals surface area contributed by atoms with Crippen molar-refractivity contribution in [1.29, 1.82) is 0 Å². The second kappa shape index (κ2) is 6.99. The molecule has 2 heterocycles. The van der Waals surface area contributed by atoms with Crippen molar-refractivity contribution in [3.05, 3.63) is 40.7 Å². The first-order chi connectivity index (χ1) is 11.5. The highest BCUT2D eigenvalue weighted by atomic mass is 32.1. The zero-order valence-electron chi connectivity index (χ0n) is 14.0. The second-order valence-electron chi connectivity index (χ2n) is 6.45. The molecule has 1 saturated heterocycles. The molecule has 1 amide bonds. The topological polar surface area (TPSA) is 59.2 Å². The maximum atomic E-state index is 13.1. The fourth-order valence-corrected chi connectivity index (χ4v) is 4.12. The molecule has 3 rings (SSSR count). The molecule has 1 fully saturated rings. The first kappa shape index (κ1) is 17.0. The number of aromatic nitrogens is 1. The molecule has 128 valence electrons. The van der Waals surface area contributed by atoms with Gasteiger partial charge in [0.2, 0.25) is 0 Å². The molecule has 1 aliphatic heterocycles. The highest BCUT2D eigenvalue weighted by molar-refractivity contribution is 7.17. The third-order valence-corrected chi connectivity index (χ3v) is 5.77. The number of carbonyl (C=O) groups is 1. The Bertz CT molecular complexity index is 726. The van der Waals surface area contributed by atoms with Crippen molar-refractivity contribution in [2.24, 2.45) is 11.7 Å². The molecule has 0 radical (unpaired) electrons. The highest BCUT2D eigenvalue weighted by Crippen LogP contribution is 2.30. The van der Waals surface area contributed by atoms with Crippen LogP contribution in [0.25, 0.3) is 10.6 Å². The molecule has 2 unspecified atom stereocenters. The van der Waals surface area contributed by atoms with Crippen LogP contribution in [-0.4, -0.2) is 34.9 Å². The van der Waals surface area contributed by atoms with Crippen LogP contribution in [0.15, 0.2) is 24.3 Å². The Morgan fingerprint density at radius 2 is 2.12 bits per heavy atom. The first-order valence-corrected chi connectivity index (χ1v) is 9.05. The Hall–Kier alpha value is -1.79. The van der Waals surface area contributed by atoms with Crippen LogP contribution in [0.1, 0.15) is 35.1 Å². The SMILES string of the molecule is Cc1nc(-c2ccc(F)cc2)sc1C(=O)N1CCCC(C(C)N)C1. The van der Waals surface area contributed by atoms with Gasteiger partial charge in [0.25, 0.3) is 5.91 Å². The molecule has 0 spiro atoms. The summed E-state index contributed by atoms with van der Waals surface area (Å²) in [5.41, 5.74) is 7.57. The zero-order valence-corrected chi connectivity index (χ0v) is 14.8. The molecule has 2 atom stereocenters. The summed E-state index contributed by atoms with van der Waals surface area (Å²) in [6.07, 6.45) is 2.06.